The fourth-order valence-electron chi connectivity index (χ4n) is 1.19. The molecule has 0 aliphatic heterocycles. The maximum absolute atomic E-state index is 11.0. The summed E-state index contributed by atoms with van der Waals surface area (Å²) in [7, 11) is 0. The van der Waals surface area contributed by atoms with Crippen molar-refractivity contribution in [3.05, 3.63) is 33.2 Å². The minimum atomic E-state index is -0.529. The van der Waals surface area contributed by atoms with E-state index >= 15 is 0 Å². The van der Waals surface area contributed by atoms with Gasteiger partial charge in [-0.15, -0.1) is 10.2 Å². The normalized spacial score (nSPS) is 9.94. The molecule has 84 valence electrons. The van der Waals surface area contributed by atoms with Gasteiger partial charge in [0.25, 0.3) is 5.24 Å². The lowest BCUT2D eigenvalue weighted by Gasteiger charge is -2.00. The van der Waals surface area contributed by atoms with Crippen LogP contribution in [0.5, 0.6) is 0 Å². The molecule has 2 aromatic rings. The van der Waals surface area contributed by atoms with Crippen LogP contribution in [0, 0.1) is 11.3 Å². The minimum Gasteiger partial charge on any atom is -0.276 e. The molecule has 0 fully saturated rings. The van der Waals surface area contributed by atoms with Crippen LogP contribution >= 0.6 is 38.9 Å². The first-order chi connectivity index (χ1) is 8.11. The van der Waals surface area contributed by atoms with Gasteiger partial charge in [-0.05, 0) is 39.7 Å². The second kappa shape index (κ2) is 4.92. The van der Waals surface area contributed by atoms with Gasteiger partial charge in [-0.3, -0.25) is 4.79 Å². The fourth-order valence-corrected chi connectivity index (χ4v) is 2.67. The molecule has 2 rings (SSSR count). The SMILES string of the molecule is N#Cc1nnc(-c2ccc(C(=O)Cl)c(Br)c2)s1. The lowest BCUT2D eigenvalue weighted by Crippen LogP contribution is -1.90. The number of carbonyl (C=O) groups is 1. The predicted octanol–water partition coefficient (Wildman–Crippen LogP) is 3.22. The van der Waals surface area contributed by atoms with Gasteiger partial charge < -0.3 is 0 Å². The number of carbonyl (C=O) groups excluding carboxylic acids is 1. The van der Waals surface area contributed by atoms with Crippen LogP contribution in [0.25, 0.3) is 10.6 Å². The van der Waals surface area contributed by atoms with Crippen LogP contribution in [0.1, 0.15) is 15.4 Å². The molecule has 4 nitrogen and oxygen atoms in total. The van der Waals surface area contributed by atoms with Crippen molar-refractivity contribution in [2.45, 2.75) is 0 Å². The van der Waals surface area contributed by atoms with Gasteiger partial charge in [0.1, 0.15) is 11.1 Å². The monoisotopic (exact) mass is 327 g/mol. The molecule has 1 aromatic carbocycles. The standard InChI is InChI=1S/C10H3BrClN3OS/c11-7-3-5(1-2-6(7)9(12)16)10-15-14-8(4-13)17-10/h1-3H. The largest absolute Gasteiger partial charge is 0.276 e. The summed E-state index contributed by atoms with van der Waals surface area (Å²) in [6.07, 6.45) is 0. The molecule has 7 heteroatoms. The molecule has 0 saturated carbocycles. The van der Waals surface area contributed by atoms with Crippen LogP contribution in [0.3, 0.4) is 0 Å². The highest BCUT2D eigenvalue weighted by molar-refractivity contribution is 9.10. The fraction of sp³-hybridized carbons (Fsp3) is 0. The molecule has 0 amide bonds. The van der Waals surface area contributed by atoms with Crippen molar-refractivity contribution in [2.24, 2.45) is 0 Å². The van der Waals surface area contributed by atoms with Crippen LogP contribution < -0.4 is 0 Å². The second-order valence-corrected chi connectivity index (χ2v) is 5.17. The summed E-state index contributed by atoms with van der Waals surface area (Å²) < 4.78 is 0.587. The molecule has 0 aliphatic rings. The summed E-state index contributed by atoms with van der Waals surface area (Å²) in [5.41, 5.74) is 1.16. The third-order valence-corrected chi connectivity index (χ3v) is 3.69. The predicted molar refractivity (Wildman–Crippen MR) is 67.9 cm³/mol. The van der Waals surface area contributed by atoms with E-state index in [0.717, 1.165) is 5.56 Å². The summed E-state index contributed by atoms with van der Waals surface area (Å²) in [5.74, 6) is 0. The van der Waals surface area contributed by atoms with E-state index in [-0.39, 0.29) is 0 Å². The first kappa shape index (κ1) is 12.2. The van der Waals surface area contributed by atoms with Crippen LogP contribution in [0.4, 0.5) is 0 Å². The Morgan fingerprint density at radius 1 is 1.47 bits per heavy atom. The van der Waals surface area contributed by atoms with Gasteiger partial charge in [0.05, 0.1) is 0 Å². The van der Waals surface area contributed by atoms with Crippen molar-refractivity contribution < 1.29 is 4.79 Å². The average Bonchev–Trinajstić information content (AvgIpc) is 2.76. The highest BCUT2D eigenvalue weighted by Gasteiger charge is 2.11. The maximum atomic E-state index is 11.0. The topological polar surface area (TPSA) is 66.6 Å². The van der Waals surface area contributed by atoms with Crippen LogP contribution in [0.2, 0.25) is 0 Å². The number of nitriles is 1. The Hall–Kier alpha value is -1.29. The van der Waals surface area contributed by atoms with Crippen LogP contribution in [0.15, 0.2) is 22.7 Å². The van der Waals surface area contributed by atoms with Gasteiger partial charge in [0, 0.05) is 15.6 Å². The van der Waals surface area contributed by atoms with Gasteiger partial charge in [-0.25, -0.2) is 0 Å². The second-order valence-electron chi connectivity index (χ2n) is 2.99. The van der Waals surface area contributed by atoms with E-state index in [1.807, 2.05) is 6.07 Å². The summed E-state index contributed by atoms with van der Waals surface area (Å²) in [4.78, 5) is 11.0. The van der Waals surface area contributed by atoms with Crippen molar-refractivity contribution in [2.75, 3.05) is 0 Å². The molecule has 0 saturated heterocycles. The molecule has 0 bridgehead atoms. The van der Waals surface area contributed by atoms with E-state index in [0.29, 0.717) is 20.1 Å². The Balaban J connectivity index is 2.45. The molecule has 0 unspecified atom stereocenters. The molecule has 1 aromatic heterocycles. The highest BCUT2D eigenvalue weighted by Crippen LogP contribution is 2.28. The maximum Gasteiger partial charge on any atom is 0.253 e. The van der Waals surface area contributed by atoms with Crippen molar-refractivity contribution in [3.8, 4) is 16.6 Å². The molecule has 17 heavy (non-hydrogen) atoms. The summed E-state index contributed by atoms with van der Waals surface area (Å²) >= 11 is 9.84. The molecule has 0 aliphatic carbocycles. The third kappa shape index (κ3) is 2.52. The van der Waals surface area contributed by atoms with Gasteiger partial charge in [0.2, 0.25) is 5.01 Å². The van der Waals surface area contributed by atoms with Crippen molar-refractivity contribution >= 4 is 44.1 Å². The van der Waals surface area contributed by atoms with Crippen LogP contribution in [-0.2, 0) is 0 Å². The van der Waals surface area contributed by atoms with Crippen molar-refractivity contribution in [3.63, 3.8) is 0 Å². The van der Waals surface area contributed by atoms with Gasteiger partial charge in [0.15, 0.2) is 0 Å². The van der Waals surface area contributed by atoms with E-state index < -0.39 is 5.24 Å². The van der Waals surface area contributed by atoms with E-state index in [1.165, 1.54) is 11.3 Å². The highest BCUT2D eigenvalue weighted by atomic mass is 79.9. The Morgan fingerprint density at radius 2 is 2.24 bits per heavy atom. The van der Waals surface area contributed by atoms with E-state index in [4.69, 9.17) is 16.9 Å². The van der Waals surface area contributed by atoms with Crippen molar-refractivity contribution in [1.29, 1.82) is 5.26 Å². The number of nitrogens with zero attached hydrogens (tertiary/aromatic N) is 3. The summed E-state index contributed by atoms with van der Waals surface area (Å²) in [6.45, 7) is 0. The molecular formula is C10H3BrClN3OS. The number of halogens is 2. The lowest BCUT2D eigenvalue weighted by molar-refractivity contribution is 0.108. The first-order valence-corrected chi connectivity index (χ1v) is 6.34. The van der Waals surface area contributed by atoms with Crippen LogP contribution in [-0.4, -0.2) is 15.4 Å². The van der Waals surface area contributed by atoms with E-state index in [9.17, 15) is 4.79 Å². The number of hydrogen-bond acceptors (Lipinski definition) is 5. The van der Waals surface area contributed by atoms with Gasteiger partial charge in [-0.2, -0.15) is 5.26 Å². The molecule has 0 spiro atoms. The zero-order chi connectivity index (χ0) is 12.4. The van der Waals surface area contributed by atoms with Gasteiger partial charge in [-0.1, -0.05) is 17.4 Å². The van der Waals surface area contributed by atoms with Gasteiger partial charge >= 0.3 is 0 Å². The quantitative estimate of drug-likeness (QED) is 0.794. The molecule has 0 N–H and O–H groups in total. The average molecular weight is 329 g/mol. The summed E-state index contributed by atoms with van der Waals surface area (Å²) in [6, 6.07) is 6.95. The Morgan fingerprint density at radius 3 is 2.76 bits per heavy atom. The lowest BCUT2D eigenvalue weighted by atomic mass is 10.1. The third-order valence-electron chi connectivity index (χ3n) is 1.95. The number of rotatable bonds is 2. The number of hydrogen-bond donors (Lipinski definition) is 0. The molecule has 0 radical (unpaired) electrons. The Labute approximate surface area is 114 Å². The smallest absolute Gasteiger partial charge is 0.253 e. The minimum absolute atomic E-state index is 0.300. The summed E-state index contributed by atoms with van der Waals surface area (Å²) in [5, 5.41) is 16.6. The Bertz CT molecular complexity index is 635. The van der Waals surface area contributed by atoms with E-state index in [1.54, 1.807) is 18.2 Å². The molecule has 0 atom stereocenters. The zero-order valence-corrected chi connectivity index (χ0v) is 11.3. The molecular weight excluding hydrogens is 326 g/mol. The first-order valence-electron chi connectivity index (χ1n) is 4.35. The number of benzene rings is 1. The number of aromatic nitrogens is 2. The van der Waals surface area contributed by atoms with E-state index in [2.05, 4.69) is 26.1 Å². The molecule has 1 heterocycles. The zero-order valence-electron chi connectivity index (χ0n) is 8.15. The van der Waals surface area contributed by atoms with Crippen molar-refractivity contribution in [1.82, 2.24) is 10.2 Å². The Kier molecular flexibility index (Phi) is 3.52.